The second kappa shape index (κ2) is 10.4. The Morgan fingerprint density at radius 3 is 2.03 bits per heavy atom. The summed E-state index contributed by atoms with van der Waals surface area (Å²) in [5.41, 5.74) is 1.06. The second-order valence-electron chi connectivity index (χ2n) is 8.49. The molecular formula is C27H32N2O4S. The molecule has 0 unspecified atom stereocenters. The average molecular weight is 481 g/mol. The molecule has 6 nitrogen and oxygen atoms in total. The molecule has 0 radical (unpaired) electrons. The van der Waals surface area contributed by atoms with Crippen molar-refractivity contribution < 1.29 is 17.9 Å². The fourth-order valence-electron chi connectivity index (χ4n) is 3.98. The molecule has 0 atom stereocenters. The van der Waals surface area contributed by atoms with Gasteiger partial charge >= 0.3 is 0 Å². The first-order chi connectivity index (χ1) is 16.1. The van der Waals surface area contributed by atoms with Crippen molar-refractivity contribution >= 4 is 15.9 Å². The van der Waals surface area contributed by atoms with Gasteiger partial charge in [-0.15, -0.1) is 0 Å². The molecule has 1 amide bonds. The number of rotatable bonds is 9. The van der Waals surface area contributed by atoms with Crippen LogP contribution in [0.2, 0.25) is 0 Å². The number of benzene rings is 3. The van der Waals surface area contributed by atoms with Gasteiger partial charge in [-0.25, -0.2) is 13.1 Å². The molecule has 0 heterocycles. The van der Waals surface area contributed by atoms with Crippen molar-refractivity contribution in [1.82, 2.24) is 9.62 Å². The number of amides is 1. The van der Waals surface area contributed by atoms with E-state index in [1.54, 1.807) is 24.8 Å². The van der Waals surface area contributed by atoms with Gasteiger partial charge in [0.2, 0.25) is 10.0 Å². The van der Waals surface area contributed by atoms with Gasteiger partial charge in [-0.2, -0.15) is 0 Å². The van der Waals surface area contributed by atoms with Gasteiger partial charge in [0, 0.05) is 18.7 Å². The Balaban J connectivity index is 2.29. The van der Waals surface area contributed by atoms with E-state index in [2.05, 4.69) is 4.72 Å². The van der Waals surface area contributed by atoms with Gasteiger partial charge in [0.25, 0.3) is 5.91 Å². The van der Waals surface area contributed by atoms with Crippen LogP contribution in [0.25, 0.3) is 11.1 Å². The quantitative estimate of drug-likeness (QED) is 0.465. The maximum Gasteiger partial charge on any atom is 0.255 e. The number of hydrogen-bond acceptors (Lipinski definition) is 4. The largest absolute Gasteiger partial charge is 0.497 e. The Morgan fingerprint density at radius 1 is 0.941 bits per heavy atom. The molecule has 34 heavy (non-hydrogen) atoms. The van der Waals surface area contributed by atoms with Crippen LogP contribution in [0.4, 0.5) is 0 Å². The van der Waals surface area contributed by atoms with Gasteiger partial charge in [0.05, 0.1) is 18.2 Å². The van der Waals surface area contributed by atoms with E-state index in [-0.39, 0.29) is 16.4 Å². The van der Waals surface area contributed by atoms with Crippen molar-refractivity contribution in [3.05, 3.63) is 83.9 Å². The summed E-state index contributed by atoms with van der Waals surface area (Å²) in [6.45, 7) is 8.25. The van der Waals surface area contributed by atoms with Crippen molar-refractivity contribution in [3.63, 3.8) is 0 Å². The Labute approximate surface area is 202 Å². The van der Waals surface area contributed by atoms with Gasteiger partial charge in [0.15, 0.2) is 0 Å². The van der Waals surface area contributed by atoms with E-state index in [4.69, 9.17) is 4.74 Å². The second-order valence-corrected chi connectivity index (χ2v) is 10.1. The molecule has 3 aromatic carbocycles. The van der Waals surface area contributed by atoms with E-state index in [0.717, 1.165) is 5.56 Å². The van der Waals surface area contributed by atoms with Crippen LogP contribution in [0.1, 0.15) is 43.6 Å². The van der Waals surface area contributed by atoms with E-state index >= 15 is 0 Å². The van der Waals surface area contributed by atoms with Crippen LogP contribution < -0.4 is 9.46 Å². The topological polar surface area (TPSA) is 75.7 Å². The summed E-state index contributed by atoms with van der Waals surface area (Å²) >= 11 is 0. The Bertz CT molecular complexity index is 1240. The highest BCUT2D eigenvalue weighted by Gasteiger charge is 2.34. The van der Waals surface area contributed by atoms with Crippen LogP contribution in [-0.2, 0) is 15.6 Å². The fraction of sp³-hybridized carbons (Fsp3) is 0.296. The van der Waals surface area contributed by atoms with E-state index in [1.807, 2.05) is 74.5 Å². The van der Waals surface area contributed by atoms with Crippen molar-refractivity contribution in [1.29, 1.82) is 0 Å². The molecule has 0 aromatic heterocycles. The zero-order chi connectivity index (χ0) is 24.9. The first kappa shape index (κ1) is 25.5. The Kier molecular flexibility index (Phi) is 7.79. The molecule has 180 valence electrons. The molecular weight excluding hydrogens is 448 g/mol. The molecule has 3 rings (SSSR count). The number of nitrogens with one attached hydrogen (secondary N) is 1. The lowest BCUT2D eigenvalue weighted by molar-refractivity contribution is 0.0768. The minimum atomic E-state index is -4.15. The Morgan fingerprint density at radius 2 is 1.50 bits per heavy atom. The van der Waals surface area contributed by atoms with Crippen LogP contribution in [0.15, 0.2) is 77.7 Å². The maximum absolute atomic E-state index is 14.0. The molecule has 0 aliphatic carbocycles. The third-order valence-corrected chi connectivity index (χ3v) is 7.57. The van der Waals surface area contributed by atoms with Crippen LogP contribution in [0.3, 0.4) is 0 Å². The molecule has 0 saturated heterocycles. The number of methoxy groups -OCH3 is 1. The summed E-state index contributed by atoms with van der Waals surface area (Å²) in [6, 6.07) is 21.7. The molecule has 1 N–H and O–H groups in total. The van der Waals surface area contributed by atoms with Gasteiger partial charge in [0.1, 0.15) is 10.6 Å². The summed E-state index contributed by atoms with van der Waals surface area (Å²) in [6.07, 6.45) is 0. The highest BCUT2D eigenvalue weighted by Crippen LogP contribution is 2.36. The first-order valence-electron chi connectivity index (χ1n) is 11.3. The lowest BCUT2D eigenvalue weighted by Gasteiger charge is -2.29. The summed E-state index contributed by atoms with van der Waals surface area (Å²) < 4.78 is 36.3. The predicted molar refractivity (Wildman–Crippen MR) is 135 cm³/mol. The summed E-state index contributed by atoms with van der Waals surface area (Å²) in [5, 5.41) is 0. The zero-order valence-corrected chi connectivity index (χ0v) is 21.1. The first-order valence-corrected chi connectivity index (χ1v) is 12.8. The van der Waals surface area contributed by atoms with E-state index < -0.39 is 15.6 Å². The van der Waals surface area contributed by atoms with Crippen LogP contribution in [0.5, 0.6) is 5.75 Å². The van der Waals surface area contributed by atoms with Crippen LogP contribution in [-0.4, -0.2) is 39.4 Å². The molecule has 0 fully saturated rings. The van der Waals surface area contributed by atoms with Crippen molar-refractivity contribution in [3.8, 4) is 16.9 Å². The predicted octanol–water partition coefficient (Wildman–Crippen LogP) is 5.06. The molecule has 3 aromatic rings. The summed E-state index contributed by atoms with van der Waals surface area (Å²) in [7, 11) is -2.65. The number of ether oxygens (including phenoxy) is 1. The van der Waals surface area contributed by atoms with Crippen molar-refractivity contribution in [2.24, 2.45) is 0 Å². The summed E-state index contributed by atoms with van der Waals surface area (Å²) in [4.78, 5) is 15.1. The molecule has 0 spiro atoms. The van der Waals surface area contributed by atoms with Crippen LogP contribution in [0, 0.1) is 0 Å². The zero-order valence-electron chi connectivity index (χ0n) is 20.3. The molecule has 0 aliphatic rings. The monoisotopic (exact) mass is 480 g/mol. The maximum atomic E-state index is 14.0. The molecule has 0 bridgehead atoms. The van der Waals surface area contributed by atoms with Crippen LogP contribution >= 0.6 is 0 Å². The van der Waals surface area contributed by atoms with Gasteiger partial charge in [-0.3, -0.25) is 4.79 Å². The van der Waals surface area contributed by atoms with Gasteiger partial charge in [-0.1, -0.05) is 60.7 Å². The van der Waals surface area contributed by atoms with E-state index in [9.17, 15) is 13.2 Å². The van der Waals surface area contributed by atoms with Crippen molar-refractivity contribution in [2.45, 2.75) is 38.1 Å². The minimum absolute atomic E-state index is 0.0552. The minimum Gasteiger partial charge on any atom is -0.497 e. The SMILES string of the molecule is CCN(CC)C(=O)c1cc(OC)cc(-c2ccccc2)c1S(=O)(=O)NC(C)(C)c1ccccc1. The third-order valence-electron chi connectivity index (χ3n) is 5.82. The smallest absolute Gasteiger partial charge is 0.255 e. The highest BCUT2D eigenvalue weighted by atomic mass is 32.2. The molecule has 0 saturated carbocycles. The third kappa shape index (κ3) is 5.32. The standard InChI is InChI=1S/C27H32N2O4S/c1-6-29(7-2)26(30)24-19-22(33-5)18-23(20-14-10-8-11-15-20)25(24)34(31,32)28-27(3,4)21-16-12-9-13-17-21/h8-19,28H,6-7H2,1-5H3. The fourth-order valence-corrected chi connectivity index (χ4v) is 5.78. The normalized spacial score (nSPS) is 11.8. The summed E-state index contributed by atoms with van der Waals surface area (Å²) in [5.74, 6) is 0.0506. The molecule has 0 aliphatic heterocycles. The number of nitrogens with zero attached hydrogens (tertiary/aromatic N) is 1. The number of sulfonamides is 1. The van der Waals surface area contributed by atoms with E-state index in [1.165, 1.54) is 13.2 Å². The highest BCUT2D eigenvalue weighted by molar-refractivity contribution is 7.89. The number of hydrogen-bond donors (Lipinski definition) is 1. The van der Waals surface area contributed by atoms with Crippen molar-refractivity contribution in [2.75, 3.05) is 20.2 Å². The lowest BCUT2D eigenvalue weighted by atomic mass is 9.96. The Hall–Kier alpha value is -3.16. The average Bonchev–Trinajstić information content (AvgIpc) is 2.84. The number of carbonyl (C=O) groups excluding carboxylic acids is 1. The lowest BCUT2D eigenvalue weighted by Crippen LogP contribution is -2.42. The molecule has 7 heteroatoms. The van der Waals surface area contributed by atoms with Gasteiger partial charge in [-0.05, 0) is 51.0 Å². The van der Waals surface area contributed by atoms with Gasteiger partial charge < -0.3 is 9.64 Å². The number of carbonyl (C=O) groups is 1. The van der Waals surface area contributed by atoms with E-state index in [0.29, 0.717) is 30.0 Å².